The van der Waals surface area contributed by atoms with Gasteiger partial charge in [-0.2, -0.15) is 0 Å². The van der Waals surface area contributed by atoms with Crippen LogP contribution in [0.15, 0.2) is 23.3 Å². The van der Waals surface area contributed by atoms with E-state index in [4.69, 9.17) is 0 Å². The number of fused-ring (bicyclic) bond motifs is 7. The molecule has 0 N–H and O–H groups in total. The van der Waals surface area contributed by atoms with Crippen molar-refractivity contribution in [1.29, 1.82) is 0 Å². The normalized spacial score (nSPS) is 49.3. The maximum absolute atomic E-state index is 13.1. The number of allylic oxidation sites excluding steroid dienone is 3. The number of hydrogen-bond donors (Lipinski definition) is 0. The zero-order chi connectivity index (χ0) is 19.9. The Kier molecular flexibility index (Phi) is 3.81. The predicted octanol–water partition coefficient (Wildman–Crippen LogP) is 4.85. The summed E-state index contributed by atoms with van der Waals surface area (Å²) in [6, 6.07) is 0. The first-order valence-corrected chi connectivity index (χ1v) is 11.2. The lowest BCUT2D eigenvalue weighted by molar-refractivity contribution is -0.142. The summed E-state index contributed by atoms with van der Waals surface area (Å²) < 4.78 is 0. The minimum absolute atomic E-state index is 0.00596. The highest BCUT2D eigenvalue weighted by Gasteiger charge is 2.70. The van der Waals surface area contributed by atoms with Crippen molar-refractivity contribution in [3.05, 3.63) is 23.3 Å². The summed E-state index contributed by atoms with van der Waals surface area (Å²) in [5, 5.41) is 0. The molecule has 5 rings (SSSR count). The smallest absolute Gasteiger partial charge is 0.155 e. The number of ketones is 2. The van der Waals surface area contributed by atoms with Gasteiger partial charge in [0.05, 0.1) is 0 Å². The molecule has 0 heterocycles. The average Bonchev–Trinajstić information content (AvgIpc) is 3.16. The van der Waals surface area contributed by atoms with Crippen LogP contribution in [0.1, 0.15) is 72.1 Å². The molecule has 0 bridgehead atoms. The number of Topliss-reactive ketones (excluding diaryl/α,β-unsaturated/α-hetero) is 1. The van der Waals surface area contributed by atoms with Gasteiger partial charge in [-0.25, -0.2) is 0 Å². The lowest BCUT2D eigenvalue weighted by Gasteiger charge is -2.59. The van der Waals surface area contributed by atoms with Gasteiger partial charge in [-0.05, 0) is 92.1 Å². The van der Waals surface area contributed by atoms with E-state index in [9.17, 15) is 14.4 Å². The first-order valence-electron chi connectivity index (χ1n) is 11.2. The Morgan fingerprint density at radius 2 is 1.93 bits per heavy atom. The van der Waals surface area contributed by atoms with Gasteiger partial charge in [0.25, 0.3) is 0 Å². The summed E-state index contributed by atoms with van der Waals surface area (Å²) in [6.07, 6.45) is 12.9. The van der Waals surface area contributed by atoms with E-state index in [1.807, 2.05) is 6.08 Å². The zero-order valence-electron chi connectivity index (χ0n) is 17.4. The third-order valence-electron chi connectivity index (χ3n) is 10.3. The molecule has 7 unspecified atom stereocenters. The van der Waals surface area contributed by atoms with Gasteiger partial charge in [0.1, 0.15) is 12.1 Å². The van der Waals surface area contributed by atoms with Gasteiger partial charge >= 0.3 is 0 Å². The highest BCUT2D eigenvalue weighted by atomic mass is 16.1. The Hall–Kier alpha value is -1.51. The van der Waals surface area contributed by atoms with Crippen molar-refractivity contribution in [2.75, 3.05) is 0 Å². The molecule has 7 atom stereocenters. The van der Waals surface area contributed by atoms with Gasteiger partial charge in [0.2, 0.25) is 0 Å². The van der Waals surface area contributed by atoms with E-state index >= 15 is 0 Å². The van der Waals surface area contributed by atoms with E-state index in [0.29, 0.717) is 35.7 Å². The van der Waals surface area contributed by atoms with Crippen LogP contribution in [0.2, 0.25) is 0 Å². The highest BCUT2D eigenvalue weighted by molar-refractivity contribution is 5.92. The van der Waals surface area contributed by atoms with E-state index in [1.165, 1.54) is 5.57 Å². The average molecular weight is 381 g/mol. The second-order valence-corrected chi connectivity index (χ2v) is 10.8. The molecular formula is C25H32O3. The summed E-state index contributed by atoms with van der Waals surface area (Å²) in [5.41, 5.74) is 2.06. The third kappa shape index (κ3) is 1.99. The second kappa shape index (κ2) is 5.77. The molecular weight excluding hydrogens is 348 g/mol. The quantitative estimate of drug-likeness (QED) is 0.644. The van der Waals surface area contributed by atoms with Gasteiger partial charge < -0.3 is 0 Å². The highest BCUT2D eigenvalue weighted by Crippen LogP contribution is 2.74. The van der Waals surface area contributed by atoms with Gasteiger partial charge in [-0.15, -0.1) is 0 Å². The van der Waals surface area contributed by atoms with Gasteiger partial charge in [-0.1, -0.05) is 25.5 Å². The number of carbonyl (C=O) groups is 3. The molecule has 5 aliphatic rings. The van der Waals surface area contributed by atoms with Gasteiger partial charge in [0.15, 0.2) is 5.78 Å². The molecule has 28 heavy (non-hydrogen) atoms. The molecule has 3 heteroatoms. The van der Waals surface area contributed by atoms with Gasteiger partial charge in [-0.3, -0.25) is 14.4 Å². The van der Waals surface area contributed by atoms with Crippen LogP contribution in [0.4, 0.5) is 0 Å². The number of carbonyl (C=O) groups excluding carboxylic acids is 3. The molecule has 3 saturated carbocycles. The summed E-state index contributed by atoms with van der Waals surface area (Å²) in [4.78, 5) is 36.8. The minimum Gasteiger partial charge on any atom is -0.299 e. The van der Waals surface area contributed by atoms with Crippen molar-refractivity contribution >= 4 is 17.9 Å². The van der Waals surface area contributed by atoms with Crippen LogP contribution in [0.25, 0.3) is 0 Å². The van der Waals surface area contributed by atoms with Crippen LogP contribution in [0.5, 0.6) is 0 Å². The van der Waals surface area contributed by atoms with E-state index < -0.39 is 0 Å². The monoisotopic (exact) mass is 380 g/mol. The molecule has 150 valence electrons. The fraction of sp³-hybridized carbons (Fsp3) is 0.720. The predicted molar refractivity (Wildman–Crippen MR) is 107 cm³/mol. The molecule has 3 nitrogen and oxygen atoms in total. The van der Waals surface area contributed by atoms with Crippen molar-refractivity contribution in [2.24, 2.45) is 39.9 Å². The third-order valence-corrected chi connectivity index (χ3v) is 10.3. The number of hydrogen-bond acceptors (Lipinski definition) is 3. The zero-order valence-corrected chi connectivity index (χ0v) is 17.4. The first kappa shape index (κ1) is 18.5. The molecule has 0 amide bonds. The van der Waals surface area contributed by atoms with Crippen LogP contribution in [-0.2, 0) is 14.4 Å². The van der Waals surface area contributed by atoms with Gasteiger partial charge in [0, 0.05) is 17.8 Å². The fourth-order valence-corrected chi connectivity index (χ4v) is 8.86. The molecule has 0 aromatic heterocycles. The molecule has 0 aliphatic heterocycles. The number of rotatable bonds is 2. The summed E-state index contributed by atoms with van der Waals surface area (Å²) in [5.74, 6) is 2.46. The Bertz CT molecular complexity index is 835. The Morgan fingerprint density at radius 1 is 1.14 bits per heavy atom. The SMILES string of the molecule is CC(=O)C12CC=C(C=O)C1CC1C3CCC4=CC(=O)CCC4(C)C3CCC12C. The second-order valence-electron chi connectivity index (χ2n) is 10.8. The molecule has 0 radical (unpaired) electrons. The van der Waals surface area contributed by atoms with Crippen molar-refractivity contribution in [3.8, 4) is 0 Å². The maximum atomic E-state index is 13.1. The lowest BCUT2D eigenvalue weighted by atomic mass is 9.44. The van der Waals surface area contributed by atoms with Crippen LogP contribution in [0.3, 0.4) is 0 Å². The van der Waals surface area contributed by atoms with E-state index in [1.54, 1.807) is 6.92 Å². The number of aldehydes is 1. The van der Waals surface area contributed by atoms with Crippen molar-refractivity contribution in [2.45, 2.75) is 72.1 Å². The van der Waals surface area contributed by atoms with Crippen LogP contribution in [0, 0.1) is 39.9 Å². The molecule has 0 aromatic rings. The van der Waals surface area contributed by atoms with Crippen LogP contribution in [-0.4, -0.2) is 17.9 Å². The molecule has 0 spiro atoms. The van der Waals surface area contributed by atoms with Crippen molar-refractivity contribution in [1.82, 2.24) is 0 Å². The Labute approximate surface area is 168 Å². The minimum atomic E-state index is -0.363. The van der Waals surface area contributed by atoms with Crippen LogP contribution < -0.4 is 0 Å². The molecule has 3 fully saturated rings. The lowest BCUT2D eigenvalue weighted by Crippen LogP contribution is -2.54. The standard InChI is InChI=1S/C25H32O3/c1-15(27)25-11-6-16(14-26)21(25)13-22-19-5-4-17-12-18(28)7-9-23(17,2)20(19)8-10-24(22,25)3/h6,12,14,19-22H,4-5,7-11,13H2,1-3H3. The van der Waals surface area contributed by atoms with E-state index in [0.717, 1.165) is 56.8 Å². The first-order chi connectivity index (χ1) is 13.3. The van der Waals surface area contributed by atoms with E-state index in [2.05, 4.69) is 19.9 Å². The Balaban J connectivity index is 1.56. The van der Waals surface area contributed by atoms with Crippen LogP contribution >= 0.6 is 0 Å². The van der Waals surface area contributed by atoms with Crippen molar-refractivity contribution in [3.63, 3.8) is 0 Å². The fourth-order valence-electron chi connectivity index (χ4n) is 8.86. The molecule has 0 saturated heterocycles. The summed E-state index contributed by atoms with van der Waals surface area (Å²) in [7, 11) is 0. The van der Waals surface area contributed by atoms with E-state index in [-0.39, 0.29) is 22.2 Å². The molecule has 5 aliphatic carbocycles. The largest absolute Gasteiger partial charge is 0.299 e. The van der Waals surface area contributed by atoms with Crippen molar-refractivity contribution < 1.29 is 14.4 Å². The summed E-state index contributed by atoms with van der Waals surface area (Å²) >= 11 is 0. The Morgan fingerprint density at radius 3 is 2.64 bits per heavy atom. The molecule has 0 aromatic carbocycles. The summed E-state index contributed by atoms with van der Waals surface area (Å²) in [6.45, 7) is 6.54. The maximum Gasteiger partial charge on any atom is 0.155 e. The topological polar surface area (TPSA) is 51.2 Å².